The number of carbonyl (C=O) groups excluding carboxylic acids is 1. The minimum atomic E-state index is -0.0702. The molecule has 0 unspecified atom stereocenters. The zero-order chi connectivity index (χ0) is 20.5. The molecule has 7 nitrogen and oxygen atoms in total. The van der Waals surface area contributed by atoms with Gasteiger partial charge in [0, 0.05) is 57.3 Å². The standard InChI is InChI=1S/C22H30N4O3/c1-15-13-18-20(16(2)29-15)23-24(3)21(18)22(27)26-11-9-25(10-12-26)14-17-7-5-6-8-19(17)28-4/h5-8,15-16H,9-14H2,1-4H3/t15-,16+/m1/s1. The maximum Gasteiger partial charge on any atom is 0.272 e. The van der Waals surface area contributed by atoms with Gasteiger partial charge in [-0.05, 0) is 19.9 Å². The molecule has 2 aromatic rings. The lowest BCUT2D eigenvalue weighted by atomic mass is 9.99. The van der Waals surface area contributed by atoms with E-state index in [2.05, 4.69) is 23.0 Å². The van der Waals surface area contributed by atoms with Gasteiger partial charge >= 0.3 is 0 Å². The predicted octanol–water partition coefficient (Wildman–Crippen LogP) is 2.41. The van der Waals surface area contributed by atoms with Crippen molar-refractivity contribution in [1.82, 2.24) is 19.6 Å². The Kier molecular flexibility index (Phi) is 5.61. The first kappa shape index (κ1) is 19.9. The molecule has 7 heteroatoms. The van der Waals surface area contributed by atoms with Crippen LogP contribution in [-0.2, 0) is 24.8 Å². The van der Waals surface area contributed by atoms with Crippen LogP contribution in [0, 0.1) is 0 Å². The first-order valence-electron chi connectivity index (χ1n) is 10.3. The van der Waals surface area contributed by atoms with E-state index in [0.29, 0.717) is 0 Å². The molecule has 3 heterocycles. The summed E-state index contributed by atoms with van der Waals surface area (Å²) in [6, 6.07) is 8.12. The van der Waals surface area contributed by atoms with E-state index in [1.54, 1.807) is 11.8 Å². The topological polar surface area (TPSA) is 59.8 Å². The van der Waals surface area contributed by atoms with Gasteiger partial charge in [0.1, 0.15) is 11.4 Å². The Morgan fingerprint density at radius 1 is 1.21 bits per heavy atom. The number of rotatable bonds is 4. The van der Waals surface area contributed by atoms with E-state index in [0.717, 1.165) is 61.8 Å². The highest BCUT2D eigenvalue weighted by atomic mass is 16.5. The molecule has 1 fully saturated rings. The Balaban J connectivity index is 1.44. The van der Waals surface area contributed by atoms with Crippen molar-refractivity contribution in [3.63, 3.8) is 0 Å². The van der Waals surface area contributed by atoms with E-state index < -0.39 is 0 Å². The summed E-state index contributed by atoms with van der Waals surface area (Å²) < 4.78 is 13.1. The molecule has 1 aromatic heterocycles. The molecule has 1 amide bonds. The minimum Gasteiger partial charge on any atom is -0.496 e. The molecule has 29 heavy (non-hydrogen) atoms. The maximum absolute atomic E-state index is 13.3. The highest BCUT2D eigenvalue weighted by molar-refractivity contribution is 5.94. The van der Waals surface area contributed by atoms with Crippen molar-refractivity contribution >= 4 is 5.91 Å². The lowest BCUT2D eigenvalue weighted by molar-refractivity contribution is -0.00716. The second kappa shape index (κ2) is 8.16. The van der Waals surface area contributed by atoms with Gasteiger partial charge in [0.05, 0.1) is 25.0 Å². The molecule has 2 aliphatic heterocycles. The van der Waals surface area contributed by atoms with E-state index in [-0.39, 0.29) is 18.1 Å². The second-order valence-electron chi connectivity index (χ2n) is 8.01. The number of piperazine rings is 1. The van der Waals surface area contributed by atoms with Gasteiger partial charge in [0.25, 0.3) is 5.91 Å². The SMILES string of the molecule is COc1ccccc1CN1CCN(C(=O)c2c3c(nn2C)[C@H](C)O[C@H](C)C3)CC1. The summed E-state index contributed by atoms with van der Waals surface area (Å²) in [5.74, 6) is 0.998. The molecule has 156 valence electrons. The Labute approximate surface area is 172 Å². The Morgan fingerprint density at radius 3 is 2.66 bits per heavy atom. The summed E-state index contributed by atoms with van der Waals surface area (Å²) in [6.07, 6.45) is 0.771. The highest BCUT2D eigenvalue weighted by Crippen LogP contribution is 2.32. The monoisotopic (exact) mass is 398 g/mol. The van der Waals surface area contributed by atoms with Crippen LogP contribution in [0.15, 0.2) is 24.3 Å². The first-order chi connectivity index (χ1) is 14.0. The summed E-state index contributed by atoms with van der Waals surface area (Å²) in [4.78, 5) is 17.7. The van der Waals surface area contributed by atoms with Gasteiger partial charge in [-0.2, -0.15) is 5.10 Å². The molecule has 2 aliphatic rings. The number of carbonyl (C=O) groups is 1. The van der Waals surface area contributed by atoms with Gasteiger partial charge < -0.3 is 14.4 Å². The van der Waals surface area contributed by atoms with Gasteiger partial charge in [-0.1, -0.05) is 18.2 Å². The third kappa shape index (κ3) is 3.89. The Hall–Kier alpha value is -2.38. The van der Waals surface area contributed by atoms with E-state index in [4.69, 9.17) is 9.47 Å². The van der Waals surface area contributed by atoms with Crippen LogP contribution in [0.3, 0.4) is 0 Å². The van der Waals surface area contributed by atoms with Gasteiger partial charge in [-0.3, -0.25) is 14.4 Å². The van der Waals surface area contributed by atoms with Gasteiger partial charge in [-0.25, -0.2) is 0 Å². The Bertz CT molecular complexity index is 886. The van der Waals surface area contributed by atoms with Crippen LogP contribution in [-0.4, -0.2) is 64.9 Å². The smallest absolute Gasteiger partial charge is 0.272 e. The maximum atomic E-state index is 13.3. The molecule has 1 saturated heterocycles. The molecule has 0 bridgehead atoms. The minimum absolute atomic E-state index is 0.0702. The number of hydrogen-bond acceptors (Lipinski definition) is 5. The molecule has 0 N–H and O–H groups in total. The summed E-state index contributed by atoms with van der Waals surface area (Å²) in [6.45, 7) is 8.02. The fraction of sp³-hybridized carbons (Fsp3) is 0.545. The summed E-state index contributed by atoms with van der Waals surface area (Å²) in [5, 5.41) is 4.59. The fourth-order valence-corrected chi connectivity index (χ4v) is 4.47. The normalized spacial score (nSPS) is 22.4. The van der Waals surface area contributed by atoms with Crippen LogP contribution < -0.4 is 4.74 Å². The summed E-state index contributed by atoms with van der Waals surface area (Å²) in [5.41, 5.74) is 3.86. The molecule has 2 atom stereocenters. The predicted molar refractivity (Wildman–Crippen MR) is 110 cm³/mol. The van der Waals surface area contributed by atoms with E-state index in [1.807, 2.05) is 37.1 Å². The number of methoxy groups -OCH3 is 1. The van der Waals surface area contributed by atoms with Crippen LogP contribution in [0.5, 0.6) is 5.75 Å². The quantitative estimate of drug-likeness (QED) is 0.792. The largest absolute Gasteiger partial charge is 0.496 e. The second-order valence-corrected chi connectivity index (χ2v) is 8.01. The summed E-state index contributed by atoms with van der Waals surface area (Å²) in [7, 11) is 3.57. The highest BCUT2D eigenvalue weighted by Gasteiger charge is 2.33. The molecular weight excluding hydrogens is 368 g/mol. The lowest BCUT2D eigenvalue weighted by Gasteiger charge is -2.35. The number of benzene rings is 1. The van der Waals surface area contributed by atoms with Gasteiger partial charge in [0.2, 0.25) is 0 Å². The molecule has 1 aromatic carbocycles. The van der Waals surface area contributed by atoms with Crippen molar-refractivity contribution in [2.24, 2.45) is 7.05 Å². The van der Waals surface area contributed by atoms with Crippen LogP contribution in [0.25, 0.3) is 0 Å². The van der Waals surface area contributed by atoms with Crippen LogP contribution in [0.2, 0.25) is 0 Å². The third-order valence-electron chi connectivity index (χ3n) is 5.94. The number of ether oxygens (including phenoxy) is 2. The number of nitrogens with zero attached hydrogens (tertiary/aromatic N) is 4. The van der Waals surface area contributed by atoms with E-state index in [9.17, 15) is 4.79 Å². The molecular formula is C22H30N4O3. The van der Waals surface area contributed by atoms with Crippen LogP contribution >= 0.6 is 0 Å². The summed E-state index contributed by atoms with van der Waals surface area (Å²) >= 11 is 0. The molecule has 0 radical (unpaired) electrons. The number of amides is 1. The zero-order valence-corrected chi connectivity index (χ0v) is 17.7. The average Bonchev–Trinajstić information content (AvgIpc) is 3.04. The number of fused-ring (bicyclic) bond motifs is 1. The molecule has 0 saturated carbocycles. The van der Waals surface area contributed by atoms with Crippen molar-refractivity contribution in [3.05, 3.63) is 46.8 Å². The van der Waals surface area contributed by atoms with Crippen molar-refractivity contribution in [2.75, 3.05) is 33.3 Å². The first-order valence-corrected chi connectivity index (χ1v) is 10.3. The van der Waals surface area contributed by atoms with Crippen LogP contribution in [0.4, 0.5) is 0 Å². The molecule has 4 rings (SSSR count). The third-order valence-corrected chi connectivity index (χ3v) is 5.94. The van der Waals surface area contributed by atoms with Crippen LogP contribution in [0.1, 0.15) is 47.3 Å². The fourth-order valence-electron chi connectivity index (χ4n) is 4.47. The number of para-hydroxylation sites is 1. The average molecular weight is 399 g/mol. The number of aromatic nitrogens is 2. The number of aryl methyl sites for hydroxylation is 1. The van der Waals surface area contributed by atoms with E-state index >= 15 is 0 Å². The molecule has 0 spiro atoms. The Morgan fingerprint density at radius 2 is 1.93 bits per heavy atom. The number of hydrogen-bond donors (Lipinski definition) is 0. The zero-order valence-electron chi connectivity index (χ0n) is 17.7. The molecule has 0 aliphatic carbocycles. The van der Waals surface area contributed by atoms with Crippen molar-refractivity contribution in [1.29, 1.82) is 0 Å². The van der Waals surface area contributed by atoms with E-state index in [1.165, 1.54) is 5.56 Å². The van der Waals surface area contributed by atoms with Crippen molar-refractivity contribution in [2.45, 2.75) is 39.0 Å². The van der Waals surface area contributed by atoms with Gasteiger partial charge in [-0.15, -0.1) is 0 Å². The lowest BCUT2D eigenvalue weighted by Crippen LogP contribution is -2.48. The van der Waals surface area contributed by atoms with Crippen molar-refractivity contribution < 1.29 is 14.3 Å². The van der Waals surface area contributed by atoms with Gasteiger partial charge in [0.15, 0.2) is 0 Å². The van der Waals surface area contributed by atoms with Crippen molar-refractivity contribution in [3.8, 4) is 5.75 Å².